The van der Waals surface area contributed by atoms with Crippen LogP contribution in [-0.2, 0) is 14.2 Å². The predicted octanol–water partition coefficient (Wildman–Crippen LogP) is -0.228. The summed E-state index contributed by atoms with van der Waals surface area (Å²) in [7, 11) is 1.46. The van der Waals surface area contributed by atoms with Gasteiger partial charge in [-0.3, -0.25) is 0 Å². The fourth-order valence-electron chi connectivity index (χ4n) is 1.82. The van der Waals surface area contributed by atoms with Crippen molar-refractivity contribution < 1.29 is 19.3 Å². The molecule has 1 fully saturated rings. The molecule has 108 valence electrons. The lowest BCUT2D eigenvalue weighted by atomic mass is 9.94. The molecule has 1 saturated heterocycles. The Morgan fingerprint density at radius 3 is 2.16 bits per heavy atom. The van der Waals surface area contributed by atoms with Gasteiger partial charge in [0.2, 0.25) is 0 Å². The summed E-state index contributed by atoms with van der Waals surface area (Å²) in [6.07, 6.45) is -2.24. The van der Waals surface area contributed by atoms with Gasteiger partial charge in [0, 0.05) is 7.11 Å². The average molecular weight is 277 g/mol. The number of rotatable bonds is 8. The first kappa shape index (κ1) is 15.7. The van der Waals surface area contributed by atoms with Crippen LogP contribution in [0.1, 0.15) is 0 Å². The van der Waals surface area contributed by atoms with Gasteiger partial charge in [0.15, 0.2) is 18.4 Å². The zero-order chi connectivity index (χ0) is 14.3. The topological polar surface area (TPSA) is 136 Å². The second-order valence-corrected chi connectivity index (χ2v) is 3.88. The van der Waals surface area contributed by atoms with E-state index in [0.29, 0.717) is 0 Å². The molecule has 1 aliphatic heterocycles. The maximum Gasteiger partial charge on any atom is 0.186 e. The summed E-state index contributed by atoms with van der Waals surface area (Å²) in [5.74, 6) is 0. The summed E-state index contributed by atoms with van der Waals surface area (Å²) in [4.78, 5) is 32.2. The number of nitrogens with zero attached hydrogens (tertiary/aromatic N) is 3. The molecule has 0 amide bonds. The van der Waals surface area contributed by atoms with Crippen molar-refractivity contribution in [2.75, 3.05) is 26.9 Å². The molecule has 19 heavy (non-hydrogen) atoms. The third-order valence-corrected chi connectivity index (χ3v) is 2.78. The highest BCUT2D eigenvalue weighted by Gasteiger charge is 2.49. The number of nitroso groups, excluding NO2 is 3. The van der Waals surface area contributed by atoms with Crippen LogP contribution in [0, 0.1) is 14.7 Å². The molecule has 5 unspecified atom stereocenters. The minimum atomic E-state index is -1.33. The molecule has 0 aromatic carbocycles. The van der Waals surface area contributed by atoms with Crippen LogP contribution < -0.4 is 0 Å². The maximum absolute atomic E-state index is 10.8. The lowest BCUT2D eigenvalue weighted by molar-refractivity contribution is -0.220. The van der Waals surface area contributed by atoms with Gasteiger partial charge in [-0.25, -0.2) is 0 Å². The van der Waals surface area contributed by atoms with E-state index in [2.05, 4.69) is 15.5 Å². The highest BCUT2D eigenvalue weighted by molar-refractivity contribution is 5.01. The Bertz CT molecular complexity index is 316. The number of aliphatic hydroxyl groups excluding tert-OH is 1. The number of methoxy groups -OCH3 is 1. The molecule has 0 aromatic heterocycles. The third-order valence-electron chi connectivity index (χ3n) is 2.78. The molecule has 0 spiro atoms. The van der Waals surface area contributed by atoms with Crippen LogP contribution in [-0.4, -0.2) is 62.6 Å². The standard InChI is InChI=1S/C9H15N3O7/c1-17-2-3-18-9-8(12-16)7(11-15)6(10-14)5(4-13)19-9/h5-9,13H,2-4H2,1H3. The van der Waals surface area contributed by atoms with Crippen LogP contribution in [0.4, 0.5) is 0 Å². The Balaban J connectivity index is 2.82. The molecular weight excluding hydrogens is 262 g/mol. The Kier molecular flexibility index (Phi) is 6.56. The lowest BCUT2D eigenvalue weighted by Crippen LogP contribution is -2.57. The smallest absolute Gasteiger partial charge is 0.186 e. The largest absolute Gasteiger partial charge is 0.394 e. The molecule has 10 nitrogen and oxygen atoms in total. The van der Waals surface area contributed by atoms with Gasteiger partial charge in [-0.05, 0) is 0 Å². The molecule has 1 rings (SSSR count). The monoisotopic (exact) mass is 277 g/mol. The first-order valence-corrected chi connectivity index (χ1v) is 5.57. The van der Waals surface area contributed by atoms with Crippen molar-refractivity contribution in [3.05, 3.63) is 14.7 Å². The molecular formula is C9H15N3O7. The molecule has 1 heterocycles. The van der Waals surface area contributed by atoms with E-state index in [1.165, 1.54) is 7.11 Å². The van der Waals surface area contributed by atoms with E-state index in [1.54, 1.807) is 0 Å². The molecule has 1 N–H and O–H groups in total. The highest BCUT2D eigenvalue weighted by atomic mass is 16.7. The molecule has 0 bridgehead atoms. The van der Waals surface area contributed by atoms with Crippen molar-refractivity contribution in [1.82, 2.24) is 0 Å². The second-order valence-electron chi connectivity index (χ2n) is 3.88. The van der Waals surface area contributed by atoms with Crippen LogP contribution in [0.15, 0.2) is 15.5 Å². The number of aliphatic hydroxyl groups is 1. The molecule has 0 aromatic rings. The van der Waals surface area contributed by atoms with Crippen molar-refractivity contribution in [3.63, 3.8) is 0 Å². The van der Waals surface area contributed by atoms with E-state index in [9.17, 15) is 14.7 Å². The van der Waals surface area contributed by atoms with Crippen molar-refractivity contribution in [2.24, 2.45) is 15.5 Å². The average Bonchev–Trinajstić information content (AvgIpc) is 2.45. The summed E-state index contributed by atoms with van der Waals surface area (Å²) in [5, 5.41) is 17.2. The van der Waals surface area contributed by atoms with Gasteiger partial charge in [0.05, 0.1) is 19.8 Å². The fraction of sp³-hybridized carbons (Fsp3) is 1.00. The minimum absolute atomic E-state index is 0.0934. The molecule has 0 saturated carbocycles. The SMILES string of the molecule is COCCOC1OC(CO)C(N=O)C(N=O)C1N=O. The Labute approximate surface area is 108 Å². The van der Waals surface area contributed by atoms with Crippen LogP contribution >= 0.6 is 0 Å². The van der Waals surface area contributed by atoms with Gasteiger partial charge in [-0.1, -0.05) is 15.5 Å². The predicted molar refractivity (Wildman–Crippen MR) is 62.3 cm³/mol. The summed E-state index contributed by atoms with van der Waals surface area (Å²) >= 11 is 0. The van der Waals surface area contributed by atoms with Gasteiger partial charge in [0.1, 0.15) is 12.1 Å². The van der Waals surface area contributed by atoms with Gasteiger partial charge in [-0.15, -0.1) is 0 Å². The Morgan fingerprint density at radius 2 is 1.68 bits per heavy atom. The van der Waals surface area contributed by atoms with E-state index in [4.69, 9.17) is 19.3 Å². The third kappa shape index (κ3) is 3.56. The van der Waals surface area contributed by atoms with Gasteiger partial charge in [0.25, 0.3) is 0 Å². The van der Waals surface area contributed by atoms with Crippen LogP contribution in [0.25, 0.3) is 0 Å². The molecule has 1 aliphatic rings. The first-order valence-electron chi connectivity index (χ1n) is 5.57. The zero-order valence-electron chi connectivity index (χ0n) is 10.2. The quantitative estimate of drug-likeness (QED) is 0.478. The van der Waals surface area contributed by atoms with E-state index in [-0.39, 0.29) is 13.2 Å². The van der Waals surface area contributed by atoms with E-state index < -0.39 is 37.1 Å². The lowest BCUT2D eigenvalue weighted by Gasteiger charge is -2.37. The number of hydrogen-bond acceptors (Lipinski definition) is 10. The van der Waals surface area contributed by atoms with E-state index in [0.717, 1.165) is 0 Å². The van der Waals surface area contributed by atoms with Crippen molar-refractivity contribution in [1.29, 1.82) is 0 Å². The summed E-state index contributed by atoms with van der Waals surface area (Å²) in [5.41, 5.74) is 0. The molecule has 0 radical (unpaired) electrons. The van der Waals surface area contributed by atoms with Gasteiger partial charge in [-0.2, -0.15) is 14.7 Å². The van der Waals surface area contributed by atoms with E-state index in [1.807, 2.05) is 0 Å². The minimum Gasteiger partial charge on any atom is -0.394 e. The first-order chi connectivity index (χ1) is 9.23. The summed E-state index contributed by atoms with van der Waals surface area (Å²) in [6, 6.07) is -3.89. The number of ether oxygens (including phenoxy) is 3. The number of hydrogen-bond donors (Lipinski definition) is 1. The van der Waals surface area contributed by atoms with Gasteiger partial charge >= 0.3 is 0 Å². The normalized spacial score (nSPS) is 34.7. The van der Waals surface area contributed by atoms with Crippen molar-refractivity contribution >= 4 is 0 Å². The van der Waals surface area contributed by atoms with Crippen molar-refractivity contribution in [2.45, 2.75) is 30.5 Å². The fourth-order valence-corrected chi connectivity index (χ4v) is 1.82. The zero-order valence-corrected chi connectivity index (χ0v) is 10.2. The van der Waals surface area contributed by atoms with E-state index >= 15 is 0 Å². The maximum atomic E-state index is 10.8. The molecule has 0 aliphatic carbocycles. The van der Waals surface area contributed by atoms with Crippen LogP contribution in [0.2, 0.25) is 0 Å². The van der Waals surface area contributed by atoms with Crippen molar-refractivity contribution in [3.8, 4) is 0 Å². The highest BCUT2D eigenvalue weighted by Crippen LogP contribution is 2.28. The Hall–Kier alpha value is -1.36. The summed E-state index contributed by atoms with van der Waals surface area (Å²) < 4.78 is 15.2. The molecule has 10 heteroatoms. The summed E-state index contributed by atoms with van der Waals surface area (Å²) in [6.45, 7) is -0.224. The van der Waals surface area contributed by atoms with Crippen LogP contribution in [0.3, 0.4) is 0 Å². The van der Waals surface area contributed by atoms with Crippen LogP contribution in [0.5, 0.6) is 0 Å². The second kappa shape index (κ2) is 7.94. The molecule has 5 atom stereocenters. The van der Waals surface area contributed by atoms with Gasteiger partial charge < -0.3 is 19.3 Å². The Morgan fingerprint density at radius 1 is 1.05 bits per heavy atom.